The number of benzene rings is 9. The van der Waals surface area contributed by atoms with E-state index in [1.165, 1.54) is 73.4 Å². The van der Waals surface area contributed by atoms with Crippen molar-refractivity contribution >= 4 is 113 Å². The minimum atomic E-state index is 0.874. The number of hydrogen-bond donors (Lipinski definition) is 0. The first-order chi connectivity index (χ1) is 27.7. The van der Waals surface area contributed by atoms with Crippen LogP contribution < -0.4 is 4.90 Å². The van der Waals surface area contributed by atoms with Gasteiger partial charge in [-0.25, -0.2) is 0 Å². The van der Waals surface area contributed by atoms with E-state index in [9.17, 15) is 0 Å². The molecule has 0 spiro atoms. The number of furan rings is 1. The van der Waals surface area contributed by atoms with Crippen molar-refractivity contribution in [2.75, 3.05) is 4.90 Å². The Bertz CT molecular complexity index is 3480. The third-order valence-electron chi connectivity index (χ3n) is 11.3. The molecule has 0 saturated carbocycles. The van der Waals surface area contributed by atoms with Crippen LogP contribution in [0.5, 0.6) is 0 Å². The molecule has 3 aromatic heterocycles. The summed E-state index contributed by atoms with van der Waals surface area (Å²) in [6.07, 6.45) is 0. The van der Waals surface area contributed by atoms with Crippen molar-refractivity contribution in [3.63, 3.8) is 0 Å². The van der Waals surface area contributed by atoms with E-state index in [2.05, 4.69) is 187 Å². The second-order valence-corrected chi connectivity index (χ2v) is 16.5. The minimum Gasteiger partial charge on any atom is -0.454 e. The zero-order valence-electron chi connectivity index (χ0n) is 30.1. The SMILES string of the molecule is c1ccc2cc(-c3ccc(N(c4ccc(-c5cccc6c5sc5c6ccc6sc7ccccc7c65)cc4)c4cccc5c4oc4ccccc45)cc3)ccc2c1. The summed E-state index contributed by atoms with van der Waals surface area (Å²) >= 11 is 3.81. The van der Waals surface area contributed by atoms with Crippen LogP contribution in [-0.4, -0.2) is 0 Å². The van der Waals surface area contributed by atoms with Gasteiger partial charge in [0, 0.05) is 62.5 Å². The number of rotatable bonds is 5. The molecule has 0 aliphatic rings. The summed E-state index contributed by atoms with van der Waals surface area (Å²) in [6, 6.07) is 68.2. The normalized spacial score (nSPS) is 11.9. The molecular formula is C52H31NOS2. The van der Waals surface area contributed by atoms with Crippen LogP contribution in [0.4, 0.5) is 17.1 Å². The topological polar surface area (TPSA) is 16.4 Å². The molecule has 0 N–H and O–H groups in total. The smallest absolute Gasteiger partial charge is 0.159 e. The second kappa shape index (κ2) is 12.4. The van der Waals surface area contributed by atoms with Gasteiger partial charge in [-0.3, -0.25) is 0 Å². The molecule has 0 radical (unpaired) electrons. The maximum Gasteiger partial charge on any atom is 0.159 e. The molecule has 12 rings (SSSR count). The van der Waals surface area contributed by atoms with E-state index in [-0.39, 0.29) is 0 Å². The highest BCUT2D eigenvalue weighted by Gasteiger charge is 2.21. The van der Waals surface area contributed by atoms with Crippen molar-refractivity contribution in [1.82, 2.24) is 0 Å². The highest BCUT2D eigenvalue weighted by molar-refractivity contribution is 7.30. The Hall–Kier alpha value is -6.72. The lowest BCUT2D eigenvalue weighted by molar-refractivity contribution is 0.669. The molecule has 9 aromatic carbocycles. The van der Waals surface area contributed by atoms with Crippen molar-refractivity contribution in [1.29, 1.82) is 0 Å². The first-order valence-electron chi connectivity index (χ1n) is 18.9. The summed E-state index contributed by atoms with van der Waals surface area (Å²) < 4.78 is 12.0. The van der Waals surface area contributed by atoms with Crippen LogP contribution in [0.3, 0.4) is 0 Å². The Morgan fingerprint density at radius 1 is 0.393 bits per heavy atom. The van der Waals surface area contributed by atoms with Crippen LogP contribution in [-0.2, 0) is 0 Å². The van der Waals surface area contributed by atoms with Gasteiger partial charge < -0.3 is 9.32 Å². The highest BCUT2D eigenvalue weighted by Crippen LogP contribution is 2.48. The van der Waals surface area contributed by atoms with E-state index >= 15 is 0 Å². The van der Waals surface area contributed by atoms with Gasteiger partial charge in [0.05, 0.1) is 5.69 Å². The number of para-hydroxylation sites is 2. The van der Waals surface area contributed by atoms with Gasteiger partial charge in [0.1, 0.15) is 5.58 Å². The number of anilines is 3. The molecule has 2 nitrogen and oxygen atoms in total. The average Bonchev–Trinajstić information content (AvgIpc) is 3.96. The van der Waals surface area contributed by atoms with Gasteiger partial charge >= 0.3 is 0 Å². The van der Waals surface area contributed by atoms with Crippen LogP contribution in [0.25, 0.3) is 95.3 Å². The standard InChI is InChI=1S/C52H31NOS2/c1-2-10-35-31-36(20-19-32(35)9-1)33-21-25-37(26-22-33)53(45-16-8-14-41-40-11-3-5-17-46(40)54-50(41)45)38-27-23-34(24-28-38)39-13-7-15-42-43-29-30-48-49(52(43)56-51(39)42)44-12-4-6-18-47(44)55-48/h1-31H. The molecular weight excluding hydrogens is 719 g/mol. The van der Waals surface area contributed by atoms with Crippen molar-refractivity contribution in [2.45, 2.75) is 0 Å². The van der Waals surface area contributed by atoms with E-state index in [1.54, 1.807) is 0 Å². The van der Waals surface area contributed by atoms with Crippen LogP contribution in [0, 0.1) is 0 Å². The minimum absolute atomic E-state index is 0.874. The quantitative estimate of drug-likeness (QED) is 0.174. The molecule has 4 heteroatoms. The Balaban J connectivity index is 0.995. The third-order valence-corrected chi connectivity index (χ3v) is 13.7. The molecule has 0 bridgehead atoms. The first-order valence-corrected chi connectivity index (χ1v) is 20.5. The lowest BCUT2D eigenvalue weighted by Crippen LogP contribution is -2.10. The third kappa shape index (κ3) is 4.86. The fourth-order valence-corrected chi connectivity index (χ4v) is 11.2. The van der Waals surface area contributed by atoms with Gasteiger partial charge in [-0.1, -0.05) is 133 Å². The first kappa shape index (κ1) is 31.6. The molecule has 262 valence electrons. The van der Waals surface area contributed by atoms with Gasteiger partial charge in [-0.15, -0.1) is 22.7 Å². The van der Waals surface area contributed by atoms with Crippen LogP contribution in [0.2, 0.25) is 0 Å². The van der Waals surface area contributed by atoms with Gasteiger partial charge in [0.2, 0.25) is 0 Å². The lowest BCUT2D eigenvalue weighted by atomic mass is 10.0. The van der Waals surface area contributed by atoms with E-state index in [1.807, 2.05) is 28.7 Å². The fraction of sp³-hybridized carbons (Fsp3) is 0. The number of fused-ring (bicyclic) bond motifs is 11. The predicted octanol–water partition coefficient (Wildman–Crippen LogP) is 16.3. The van der Waals surface area contributed by atoms with E-state index in [4.69, 9.17) is 4.42 Å². The molecule has 0 aliphatic carbocycles. The summed E-state index contributed by atoms with van der Waals surface area (Å²) in [4.78, 5) is 2.33. The Morgan fingerprint density at radius 3 is 1.91 bits per heavy atom. The monoisotopic (exact) mass is 749 g/mol. The van der Waals surface area contributed by atoms with Crippen LogP contribution in [0.15, 0.2) is 192 Å². The van der Waals surface area contributed by atoms with Crippen LogP contribution in [0.1, 0.15) is 0 Å². The van der Waals surface area contributed by atoms with E-state index in [0.717, 1.165) is 39.0 Å². The zero-order valence-corrected chi connectivity index (χ0v) is 31.7. The van der Waals surface area contributed by atoms with Crippen molar-refractivity contribution in [3.05, 3.63) is 188 Å². The van der Waals surface area contributed by atoms with Gasteiger partial charge in [0.25, 0.3) is 0 Å². The number of nitrogens with zero attached hydrogens (tertiary/aromatic N) is 1. The van der Waals surface area contributed by atoms with Crippen LogP contribution >= 0.6 is 22.7 Å². The van der Waals surface area contributed by atoms with Crippen molar-refractivity contribution in [3.8, 4) is 22.3 Å². The lowest BCUT2D eigenvalue weighted by Gasteiger charge is -2.26. The molecule has 12 aromatic rings. The summed E-state index contributed by atoms with van der Waals surface area (Å²) in [7, 11) is 0. The Kier molecular flexibility index (Phi) is 7.00. The van der Waals surface area contributed by atoms with Crippen molar-refractivity contribution < 1.29 is 4.42 Å². The Labute approximate surface area is 330 Å². The van der Waals surface area contributed by atoms with E-state index in [0.29, 0.717) is 0 Å². The molecule has 0 aliphatic heterocycles. The predicted molar refractivity (Wildman–Crippen MR) is 243 cm³/mol. The summed E-state index contributed by atoms with van der Waals surface area (Å²) in [5.74, 6) is 0. The molecule has 3 heterocycles. The summed E-state index contributed by atoms with van der Waals surface area (Å²) in [5.41, 5.74) is 9.74. The molecule has 0 atom stereocenters. The molecule has 0 saturated heterocycles. The molecule has 0 amide bonds. The largest absolute Gasteiger partial charge is 0.454 e. The van der Waals surface area contributed by atoms with Gasteiger partial charge in [0.15, 0.2) is 5.58 Å². The summed E-state index contributed by atoms with van der Waals surface area (Å²) in [5, 5.41) is 10.1. The number of thiophene rings is 2. The summed E-state index contributed by atoms with van der Waals surface area (Å²) in [6.45, 7) is 0. The Morgan fingerprint density at radius 2 is 1.05 bits per heavy atom. The number of hydrogen-bond acceptors (Lipinski definition) is 4. The molecule has 0 unspecified atom stereocenters. The zero-order chi connectivity index (χ0) is 36.7. The van der Waals surface area contributed by atoms with Gasteiger partial charge in [-0.2, -0.15) is 0 Å². The van der Waals surface area contributed by atoms with Gasteiger partial charge in [-0.05, 0) is 87.6 Å². The molecule has 0 fully saturated rings. The average molecular weight is 750 g/mol. The van der Waals surface area contributed by atoms with Crippen molar-refractivity contribution in [2.24, 2.45) is 0 Å². The molecule has 56 heavy (non-hydrogen) atoms. The maximum absolute atomic E-state index is 6.62. The maximum atomic E-state index is 6.62. The second-order valence-electron chi connectivity index (χ2n) is 14.4. The highest BCUT2D eigenvalue weighted by atomic mass is 32.1. The fourth-order valence-electron chi connectivity index (χ4n) is 8.59. The van der Waals surface area contributed by atoms with E-state index < -0.39 is 0 Å².